The summed E-state index contributed by atoms with van der Waals surface area (Å²) in [4.78, 5) is 15.0. The van der Waals surface area contributed by atoms with Crippen molar-refractivity contribution in [3.63, 3.8) is 0 Å². The summed E-state index contributed by atoms with van der Waals surface area (Å²) in [5.74, 6) is -0.697. The highest BCUT2D eigenvalue weighted by Gasteiger charge is 2.22. The van der Waals surface area contributed by atoms with Crippen molar-refractivity contribution in [3.05, 3.63) is 0 Å². The van der Waals surface area contributed by atoms with Crippen LogP contribution < -0.4 is 0 Å². The molecule has 0 aliphatic carbocycles. The van der Waals surface area contributed by atoms with Gasteiger partial charge in [-0.1, -0.05) is 6.92 Å². The normalized spacial score (nSPS) is 25.1. The third kappa shape index (κ3) is 3.27. The van der Waals surface area contributed by atoms with Gasteiger partial charge in [-0.2, -0.15) is 0 Å². The van der Waals surface area contributed by atoms with Gasteiger partial charge in [0, 0.05) is 32.2 Å². The highest BCUT2D eigenvalue weighted by atomic mass is 16.4. The minimum absolute atomic E-state index is 0.264. The molecule has 82 valence electrons. The summed E-state index contributed by atoms with van der Waals surface area (Å²) < 4.78 is 0. The lowest BCUT2D eigenvalue weighted by atomic mass is 10.1. The molecule has 0 amide bonds. The van der Waals surface area contributed by atoms with E-state index in [-0.39, 0.29) is 6.42 Å². The summed E-state index contributed by atoms with van der Waals surface area (Å²) in [6.45, 7) is 5.94. The van der Waals surface area contributed by atoms with E-state index in [1.54, 1.807) is 0 Å². The van der Waals surface area contributed by atoms with Crippen LogP contribution >= 0.6 is 0 Å². The Morgan fingerprint density at radius 1 is 1.50 bits per heavy atom. The number of likely N-dealkylation sites (N-methyl/N-ethyl adjacent to an activating group) is 1. The van der Waals surface area contributed by atoms with Gasteiger partial charge >= 0.3 is 5.97 Å². The number of hydrogen-bond acceptors (Lipinski definition) is 3. The first-order chi connectivity index (χ1) is 6.63. The van der Waals surface area contributed by atoms with Crippen molar-refractivity contribution in [2.45, 2.75) is 25.8 Å². The van der Waals surface area contributed by atoms with Crippen molar-refractivity contribution >= 4 is 5.97 Å². The summed E-state index contributed by atoms with van der Waals surface area (Å²) in [5.41, 5.74) is 0. The smallest absolute Gasteiger partial charge is 0.304 e. The van der Waals surface area contributed by atoms with Crippen LogP contribution in [0.2, 0.25) is 0 Å². The summed E-state index contributed by atoms with van der Waals surface area (Å²) in [5, 5.41) is 8.58. The minimum atomic E-state index is -0.697. The van der Waals surface area contributed by atoms with Crippen molar-refractivity contribution < 1.29 is 9.90 Å². The molecule has 0 saturated carbocycles. The van der Waals surface area contributed by atoms with E-state index in [1.807, 2.05) is 0 Å². The van der Waals surface area contributed by atoms with Gasteiger partial charge in [-0.25, -0.2) is 0 Å². The molecule has 0 aromatic heterocycles. The monoisotopic (exact) mass is 200 g/mol. The van der Waals surface area contributed by atoms with Gasteiger partial charge in [0.1, 0.15) is 0 Å². The highest BCUT2D eigenvalue weighted by molar-refractivity contribution is 5.66. The van der Waals surface area contributed by atoms with Gasteiger partial charge in [0.15, 0.2) is 0 Å². The maximum atomic E-state index is 10.4. The summed E-state index contributed by atoms with van der Waals surface area (Å²) >= 11 is 0. The lowest BCUT2D eigenvalue weighted by Crippen LogP contribution is -2.51. The van der Waals surface area contributed by atoms with Crippen LogP contribution in [0, 0.1) is 0 Å². The Bertz CT molecular complexity index is 197. The molecular formula is C10H20N2O2. The SMILES string of the molecule is CCC1CN(CCC(=O)O)CCN1C. The predicted octanol–water partition coefficient (Wildman–Crippen LogP) is 0.487. The van der Waals surface area contributed by atoms with Crippen LogP contribution in [0.1, 0.15) is 19.8 Å². The van der Waals surface area contributed by atoms with E-state index < -0.39 is 5.97 Å². The predicted molar refractivity (Wildman–Crippen MR) is 55.4 cm³/mol. The quantitative estimate of drug-likeness (QED) is 0.717. The molecule has 1 aliphatic rings. The van der Waals surface area contributed by atoms with Crippen molar-refractivity contribution in [3.8, 4) is 0 Å². The van der Waals surface area contributed by atoms with E-state index in [4.69, 9.17) is 5.11 Å². The zero-order valence-corrected chi connectivity index (χ0v) is 9.07. The second-order valence-corrected chi connectivity index (χ2v) is 3.99. The maximum Gasteiger partial charge on any atom is 0.304 e. The molecule has 1 aliphatic heterocycles. The molecule has 1 rings (SSSR count). The molecule has 1 unspecified atom stereocenters. The lowest BCUT2D eigenvalue weighted by molar-refractivity contribution is -0.137. The number of aliphatic carboxylic acids is 1. The molecule has 1 N–H and O–H groups in total. The van der Waals surface area contributed by atoms with Crippen LogP contribution in [-0.2, 0) is 4.79 Å². The Morgan fingerprint density at radius 3 is 2.79 bits per heavy atom. The van der Waals surface area contributed by atoms with Crippen LogP contribution in [0.4, 0.5) is 0 Å². The van der Waals surface area contributed by atoms with Crippen molar-refractivity contribution in [1.29, 1.82) is 0 Å². The number of carboxylic acids is 1. The molecule has 1 atom stereocenters. The number of rotatable bonds is 4. The van der Waals surface area contributed by atoms with E-state index in [1.165, 1.54) is 0 Å². The van der Waals surface area contributed by atoms with E-state index in [9.17, 15) is 4.79 Å². The van der Waals surface area contributed by atoms with Gasteiger partial charge in [-0.15, -0.1) is 0 Å². The number of carbonyl (C=O) groups is 1. The van der Waals surface area contributed by atoms with Crippen molar-refractivity contribution in [1.82, 2.24) is 9.80 Å². The van der Waals surface area contributed by atoms with Gasteiger partial charge < -0.3 is 10.0 Å². The summed E-state index contributed by atoms with van der Waals surface area (Å²) in [6, 6.07) is 0.595. The molecule has 4 heteroatoms. The molecule has 1 fully saturated rings. The molecular weight excluding hydrogens is 180 g/mol. The van der Waals surface area contributed by atoms with Crippen molar-refractivity contribution in [2.75, 3.05) is 33.2 Å². The Balaban J connectivity index is 2.31. The lowest BCUT2D eigenvalue weighted by Gasteiger charge is -2.38. The Morgan fingerprint density at radius 2 is 2.21 bits per heavy atom. The number of hydrogen-bond donors (Lipinski definition) is 1. The molecule has 1 saturated heterocycles. The first-order valence-corrected chi connectivity index (χ1v) is 5.28. The van der Waals surface area contributed by atoms with Gasteiger partial charge in [-0.3, -0.25) is 9.69 Å². The molecule has 0 bridgehead atoms. The fourth-order valence-electron chi connectivity index (χ4n) is 1.91. The zero-order chi connectivity index (χ0) is 10.6. The van der Waals surface area contributed by atoms with E-state index in [0.29, 0.717) is 12.6 Å². The number of nitrogens with zero attached hydrogens (tertiary/aromatic N) is 2. The number of piperazine rings is 1. The topological polar surface area (TPSA) is 43.8 Å². The molecule has 0 aromatic rings. The third-order valence-electron chi connectivity index (χ3n) is 2.97. The first-order valence-electron chi connectivity index (χ1n) is 5.28. The molecule has 0 radical (unpaired) electrons. The number of carboxylic acid groups (broad SMARTS) is 1. The Hall–Kier alpha value is -0.610. The molecule has 1 heterocycles. The molecule has 0 spiro atoms. The van der Waals surface area contributed by atoms with Crippen LogP contribution in [0.5, 0.6) is 0 Å². The van der Waals surface area contributed by atoms with Crippen LogP contribution in [0.3, 0.4) is 0 Å². The standard InChI is InChI=1S/C10H20N2O2/c1-3-9-8-12(5-4-10(13)14)7-6-11(9)2/h9H,3-8H2,1-2H3,(H,13,14). The Labute approximate surface area is 85.5 Å². The minimum Gasteiger partial charge on any atom is -0.481 e. The van der Waals surface area contributed by atoms with Crippen molar-refractivity contribution in [2.24, 2.45) is 0 Å². The average molecular weight is 200 g/mol. The van der Waals surface area contributed by atoms with E-state index >= 15 is 0 Å². The maximum absolute atomic E-state index is 10.4. The highest BCUT2D eigenvalue weighted by Crippen LogP contribution is 2.10. The van der Waals surface area contributed by atoms with E-state index in [0.717, 1.165) is 26.1 Å². The summed E-state index contributed by atoms with van der Waals surface area (Å²) in [6.07, 6.45) is 1.40. The van der Waals surface area contributed by atoms with Gasteiger partial charge in [0.05, 0.1) is 6.42 Å². The average Bonchev–Trinajstić information content (AvgIpc) is 2.16. The molecule has 4 nitrogen and oxygen atoms in total. The second kappa shape index (κ2) is 5.32. The molecule has 0 aromatic carbocycles. The van der Waals surface area contributed by atoms with Gasteiger partial charge in [0.2, 0.25) is 0 Å². The van der Waals surface area contributed by atoms with Crippen LogP contribution in [0.25, 0.3) is 0 Å². The van der Waals surface area contributed by atoms with Crippen LogP contribution in [0.15, 0.2) is 0 Å². The fraction of sp³-hybridized carbons (Fsp3) is 0.900. The van der Waals surface area contributed by atoms with Gasteiger partial charge in [-0.05, 0) is 13.5 Å². The summed E-state index contributed by atoms with van der Waals surface area (Å²) in [7, 11) is 2.14. The largest absolute Gasteiger partial charge is 0.481 e. The third-order valence-corrected chi connectivity index (χ3v) is 2.97. The second-order valence-electron chi connectivity index (χ2n) is 3.99. The van der Waals surface area contributed by atoms with Crippen LogP contribution in [-0.4, -0.2) is 60.1 Å². The van der Waals surface area contributed by atoms with Gasteiger partial charge in [0.25, 0.3) is 0 Å². The molecule has 14 heavy (non-hydrogen) atoms. The fourth-order valence-corrected chi connectivity index (χ4v) is 1.91. The van der Waals surface area contributed by atoms with E-state index in [2.05, 4.69) is 23.8 Å². The zero-order valence-electron chi connectivity index (χ0n) is 9.07. The Kier molecular flexibility index (Phi) is 4.35. The first kappa shape index (κ1) is 11.5.